The zero-order valence-corrected chi connectivity index (χ0v) is 15.8. The molecule has 0 bridgehead atoms. The van der Waals surface area contributed by atoms with Gasteiger partial charge in [-0.25, -0.2) is 14.8 Å². The van der Waals surface area contributed by atoms with Gasteiger partial charge in [0.15, 0.2) is 0 Å². The minimum absolute atomic E-state index is 0.343. The molecule has 0 fully saturated rings. The Kier molecular flexibility index (Phi) is 5.04. The van der Waals surface area contributed by atoms with E-state index in [4.69, 9.17) is 16.3 Å². The number of carbonyl (C=O) groups excluding carboxylic acids is 1. The SMILES string of the molecule is CCc1c(C)nn(-c2nc(C)cc(C)n2)c1OC(=O)c1ccc(Cl)cc1. The fourth-order valence-electron chi connectivity index (χ4n) is 2.72. The van der Waals surface area contributed by atoms with Crippen LogP contribution in [0.15, 0.2) is 30.3 Å². The number of rotatable bonds is 4. The van der Waals surface area contributed by atoms with Crippen molar-refractivity contribution in [3.63, 3.8) is 0 Å². The molecule has 0 N–H and O–H groups in total. The first kappa shape index (κ1) is 18.1. The second-order valence-electron chi connectivity index (χ2n) is 5.98. The van der Waals surface area contributed by atoms with Gasteiger partial charge in [-0.1, -0.05) is 18.5 Å². The van der Waals surface area contributed by atoms with E-state index in [2.05, 4.69) is 15.1 Å². The fourth-order valence-corrected chi connectivity index (χ4v) is 2.85. The van der Waals surface area contributed by atoms with E-state index < -0.39 is 5.97 Å². The van der Waals surface area contributed by atoms with Gasteiger partial charge < -0.3 is 4.74 Å². The fraction of sp³-hybridized carbons (Fsp3) is 0.263. The number of esters is 1. The number of aryl methyl sites for hydroxylation is 3. The van der Waals surface area contributed by atoms with Crippen LogP contribution >= 0.6 is 11.6 Å². The summed E-state index contributed by atoms with van der Waals surface area (Å²) in [5.74, 6) is 0.237. The predicted octanol–water partition coefficient (Wildman–Crippen LogP) is 4.02. The summed E-state index contributed by atoms with van der Waals surface area (Å²) in [6.07, 6.45) is 0.667. The maximum atomic E-state index is 12.6. The largest absolute Gasteiger partial charge is 0.403 e. The van der Waals surface area contributed by atoms with Crippen LogP contribution in [-0.4, -0.2) is 25.7 Å². The molecule has 0 saturated carbocycles. The Morgan fingerprint density at radius 1 is 1.12 bits per heavy atom. The summed E-state index contributed by atoms with van der Waals surface area (Å²) in [4.78, 5) is 21.4. The van der Waals surface area contributed by atoms with Gasteiger partial charge in [0.05, 0.1) is 11.3 Å². The van der Waals surface area contributed by atoms with Crippen molar-refractivity contribution in [1.82, 2.24) is 19.7 Å². The van der Waals surface area contributed by atoms with E-state index in [-0.39, 0.29) is 0 Å². The van der Waals surface area contributed by atoms with E-state index in [9.17, 15) is 4.79 Å². The lowest BCUT2D eigenvalue weighted by Crippen LogP contribution is -2.14. The van der Waals surface area contributed by atoms with Crippen LogP contribution in [0.25, 0.3) is 5.95 Å². The van der Waals surface area contributed by atoms with Gasteiger partial charge in [-0.2, -0.15) is 9.78 Å². The Balaban J connectivity index is 2.05. The van der Waals surface area contributed by atoms with Crippen LogP contribution in [-0.2, 0) is 6.42 Å². The molecule has 0 radical (unpaired) electrons. The minimum atomic E-state index is -0.484. The monoisotopic (exact) mass is 370 g/mol. The number of benzene rings is 1. The second-order valence-corrected chi connectivity index (χ2v) is 6.42. The molecule has 0 aliphatic rings. The van der Waals surface area contributed by atoms with E-state index >= 15 is 0 Å². The molecule has 0 aliphatic carbocycles. The molecule has 1 aromatic carbocycles. The second kappa shape index (κ2) is 7.25. The van der Waals surface area contributed by atoms with Crippen LogP contribution in [0.1, 0.15) is 39.9 Å². The molecule has 3 aromatic rings. The first-order valence-corrected chi connectivity index (χ1v) is 8.65. The minimum Gasteiger partial charge on any atom is -0.403 e. The number of carbonyl (C=O) groups is 1. The predicted molar refractivity (Wildman–Crippen MR) is 99.2 cm³/mol. The van der Waals surface area contributed by atoms with Gasteiger partial charge in [0.1, 0.15) is 0 Å². The van der Waals surface area contributed by atoms with Crippen molar-refractivity contribution < 1.29 is 9.53 Å². The average Bonchev–Trinajstić information content (AvgIpc) is 2.90. The Hall–Kier alpha value is -2.73. The van der Waals surface area contributed by atoms with Gasteiger partial charge in [-0.15, -0.1) is 0 Å². The number of hydrogen-bond donors (Lipinski definition) is 0. The molecule has 2 heterocycles. The standard InChI is InChI=1S/C19H19ClN4O2/c1-5-16-13(4)23-24(19-21-11(2)10-12(3)22-19)17(16)26-18(25)14-6-8-15(20)9-7-14/h6-10H,5H2,1-4H3. The molecule has 3 rings (SSSR count). The van der Waals surface area contributed by atoms with Crippen LogP contribution in [0.5, 0.6) is 5.88 Å². The van der Waals surface area contributed by atoms with Crippen molar-refractivity contribution in [1.29, 1.82) is 0 Å². The van der Waals surface area contributed by atoms with E-state index in [1.807, 2.05) is 33.8 Å². The zero-order chi connectivity index (χ0) is 18.8. The number of aromatic nitrogens is 4. The van der Waals surface area contributed by atoms with Gasteiger partial charge in [-0.3, -0.25) is 0 Å². The highest BCUT2D eigenvalue weighted by molar-refractivity contribution is 6.30. The molecule has 0 unspecified atom stereocenters. The van der Waals surface area contributed by atoms with Crippen LogP contribution in [0, 0.1) is 20.8 Å². The number of hydrogen-bond acceptors (Lipinski definition) is 5. The average molecular weight is 371 g/mol. The zero-order valence-electron chi connectivity index (χ0n) is 15.1. The van der Waals surface area contributed by atoms with Gasteiger partial charge in [0.25, 0.3) is 5.95 Å². The number of ether oxygens (including phenoxy) is 1. The highest BCUT2D eigenvalue weighted by Crippen LogP contribution is 2.26. The summed E-state index contributed by atoms with van der Waals surface area (Å²) in [5, 5.41) is 5.04. The summed E-state index contributed by atoms with van der Waals surface area (Å²) in [7, 11) is 0. The lowest BCUT2D eigenvalue weighted by atomic mass is 10.2. The summed E-state index contributed by atoms with van der Waals surface area (Å²) >= 11 is 5.88. The third-order valence-corrected chi connectivity index (χ3v) is 4.17. The first-order chi connectivity index (χ1) is 12.4. The molecular formula is C19H19ClN4O2. The van der Waals surface area contributed by atoms with Crippen molar-refractivity contribution in [3.05, 3.63) is 63.6 Å². The summed E-state index contributed by atoms with van der Waals surface area (Å²) in [5.41, 5.74) is 3.65. The maximum Gasteiger partial charge on any atom is 0.344 e. The molecule has 26 heavy (non-hydrogen) atoms. The Labute approximate surface area is 156 Å². The van der Waals surface area contributed by atoms with E-state index in [0.29, 0.717) is 28.8 Å². The van der Waals surface area contributed by atoms with Crippen molar-refractivity contribution in [2.45, 2.75) is 34.1 Å². The molecule has 0 spiro atoms. The van der Waals surface area contributed by atoms with Gasteiger partial charge in [-0.05, 0) is 57.5 Å². The lowest BCUT2D eigenvalue weighted by Gasteiger charge is -2.09. The van der Waals surface area contributed by atoms with Crippen LogP contribution < -0.4 is 4.74 Å². The van der Waals surface area contributed by atoms with Gasteiger partial charge in [0, 0.05) is 22.0 Å². The van der Waals surface area contributed by atoms with E-state index in [1.54, 1.807) is 24.3 Å². The maximum absolute atomic E-state index is 12.6. The molecule has 0 atom stereocenters. The van der Waals surface area contributed by atoms with E-state index in [1.165, 1.54) is 4.68 Å². The highest BCUT2D eigenvalue weighted by Gasteiger charge is 2.22. The van der Waals surface area contributed by atoms with Gasteiger partial charge in [0.2, 0.25) is 5.88 Å². The Morgan fingerprint density at radius 2 is 1.73 bits per heavy atom. The van der Waals surface area contributed by atoms with Gasteiger partial charge >= 0.3 is 5.97 Å². The normalized spacial score (nSPS) is 10.8. The number of nitrogens with zero attached hydrogens (tertiary/aromatic N) is 4. The molecule has 6 nitrogen and oxygen atoms in total. The molecule has 0 aliphatic heterocycles. The van der Waals surface area contributed by atoms with Crippen molar-refractivity contribution in [3.8, 4) is 11.8 Å². The molecular weight excluding hydrogens is 352 g/mol. The third-order valence-electron chi connectivity index (χ3n) is 3.92. The van der Waals surface area contributed by atoms with Crippen LogP contribution in [0.4, 0.5) is 0 Å². The molecule has 2 aromatic heterocycles. The van der Waals surface area contributed by atoms with Crippen molar-refractivity contribution in [2.75, 3.05) is 0 Å². The smallest absolute Gasteiger partial charge is 0.344 e. The summed E-state index contributed by atoms with van der Waals surface area (Å²) in [6.45, 7) is 7.62. The lowest BCUT2D eigenvalue weighted by molar-refractivity contribution is 0.0721. The van der Waals surface area contributed by atoms with Crippen molar-refractivity contribution >= 4 is 17.6 Å². The number of halogens is 1. The summed E-state index contributed by atoms with van der Waals surface area (Å²) in [6, 6.07) is 8.41. The Morgan fingerprint density at radius 3 is 2.31 bits per heavy atom. The van der Waals surface area contributed by atoms with E-state index in [0.717, 1.165) is 22.6 Å². The third kappa shape index (κ3) is 3.60. The highest BCUT2D eigenvalue weighted by atomic mass is 35.5. The topological polar surface area (TPSA) is 69.9 Å². The molecule has 134 valence electrons. The molecule has 7 heteroatoms. The first-order valence-electron chi connectivity index (χ1n) is 8.28. The summed E-state index contributed by atoms with van der Waals surface area (Å²) < 4.78 is 7.17. The van der Waals surface area contributed by atoms with Crippen molar-refractivity contribution in [2.24, 2.45) is 0 Å². The van der Waals surface area contributed by atoms with Crippen LogP contribution in [0.2, 0.25) is 5.02 Å². The molecule has 0 amide bonds. The Bertz CT molecular complexity index is 944. The quantitative estimate of drug-likeness (QED) is 0.648. The molecule has 0 saturated heterocycles. The van der Waals surface area contributed by atoms with Crippen LogP contribution in [0.3, 0.4) is 0 Å².